The third-order valence-electron chi connectivity index (χ3n) is 2.79. The van der Waals surface area contributed by atoms with Crippen LogP contribution in [0.15, 0.2) is 18.3 Å². The van der Waals surface area contributed by atoms with Gasteiger partial charge in [0.05, 0.1) is 18.7 Å². The summed E-state index contributed by atoms with van der Waals surface area (Å²) in [6.07, 6.45) is 1.59. The number of ether oxygens (including phenoxy) is 1. The van der Waals surface area contributed by atoms with Crippen LogP contribution in [0.1, 0.15) is 6.42 Å². The van der Waals surface area contributed by atoms with Crippen molar-refractivity contribution in [3.8, 4) is 5.88 Å². The molecule has 0 spiro atoms. The van der Waals surface area contributed by atoms with Gasteiger partial charge in [0, 0.05) is 12.7 Å². The number of rotatable bonds is 5. The summed E-state index contributed by atoms with van der Waals surface area (Å²) < 4.78 is 5.34. The number of pyridine rings is 1. The fourth-order valence-electron chi connectivity index (χ4n) is 1.84. The molecule has 1 aliphatic heterocycles. The molecule has 19 heavy (non-hydrogen) atoms. The molecule has 1 amide bonds. The lowest BCUT2D eigenvalue weighted by Gasteiger charge is -2.11. The van der Waals surface area contributed by atoms with Gasteiger partial charge in [0.2, 0.25) is 11.8 Å². The number of amides is 1. The number of nitrogens with zero attached hydrogens (tertiary/aromatic N) is 1. The Morgan fingerprint density at radius 2 is 2.53 bits per heavy atom. The van der Waals surface area contributed by atoms with E-state index in [1.54, 1.807) is 18.3 Å². The first kappa shape index (κ1) is 14.0. The Labute approximate surface area is 116 Å². The minimum absolute atomic E-state index is 0.132. The average molecular weight is 286 g/mol. The Bertz CT molecular complexity index is 444. The van der Waals surface area contributed by atoms with Gasteiger partial charge >= 0.3 is 0 Å². The fourth-order valence-corrected chi connectivity index (χ4v) is 2.02. The quantitative estimate of drug-likeness (QED) is 0.661. The fraction of sp³-hybridized carbons (Fsp3) is 0.500. The molecule has 2 heterocycles. The molecule has 1 fully saturated rings. The molecule has 1 saturated heterocycles. The normalized spacial score (nSPS) is 22.2. The van der Waals surface area contributed by atoms with E-state index in [1.165, 1.54) is 0 Å². The van der Waals surface area contributed by atoms with Crippen molar-refractivity contribution in [2.75, 3.05) is 19.7 Å². The largest absolute Gasteiger partial charge is 0.475 e. The Morgan fingerprint density at radius 3 is 3.21 bits per heavy atom. The Balaban J connectivity index is 1.67. The number of carbonyl (C=O) groups is 1. The van der Waals surface area contributed by atoms with Crippen LogP contribution in [-0.2, 0) is 4.79 Å². The molecule has 3 N–H and O–H groups in total. The van der Waals surface area contributed by atoms with E-state index in [0.29, 0.717) is 30.4 Å². The topological polar surface area (TPSA) is 83.5 Å². The molecule has 1 aromatic rings. The summed E-state index contributed by atoms with van der Waals surface area (Å²) in [5.74, 6) is 0.222. The van der Waals surface area contributed by atoms with E-state index in [0.717, 1.165) is 0 Å². The second kappa shape index (κ2) is 6.70. The van der Waals surface area contributed by atoms with Crippen molar-refractivity contribution in [2.45, 2.75) is 18.6 Å². The molecule has 7 heteroatoms. The van der Waals surface area contributed by atoms with E-state index in [9.17, 15) is 9.90 Å². The molecular formula is C12H16ClN3O3. The molecule has 6 nitrogen and oxygen atoms in total. The highest BCUT2D eigenvalue weighted by molar-refractivity contribution is 6.31. The Morgan fingerprint density at radius 1 is 1.68 bits per heavy atom. The predicted octanol–water partition coefficient (Wildman–Crippen LogP) is -0.0472. The number of carbonyl (C=O) groups excluding carboxylic acids is 1. The number of nitrogens with one attached hydrogen (secondary N) is 2. The second-order valence-corrected chi connectivity index (χ2v) is 4.69. The summed E-state index contributed by atoms with van der Waals surface area (Å²) in [4.78, 5) is 15.7. The van der Waals surface area contributed by atoms with E-state index in [-0.39, 0.29) is 18.6 Å². The number of hydrogen-bond donors (Lipinski definition) is 3. The Kier molecular flexibility index (Phi) is 4.95. The highest BCUT2D eigenvalue weighted by atomic mass is 35.5. The van der Waals surface area contributed by atoms with Gasteiger partial charge in [-0.15, -0.1) is 0 Å². The molecule has 2 atom stereocenters. The molecule has 1 aliphatic rings. The zero-order chi connectivity index (χ0) is 13.7. The second-order valence-electron chi connectivity index (χ2n) is 4.28. The highest BCUT2D eigenvalue weighted by Crippen LogP contribution is 2.19. The maximum Gasteiger partial charge on any atom is 0.237 e. The molecule has 0 radical (unpaired) electrons. The zero-order valence-corrected chi connectivity index (χ0v) is 11.1. The van der Waals surface area contributed by atoms with Crippen LogP contribution < -0.4 is 15.4 Å². The van der Waals surface area contributed by atoms with Gasteiger partial charge in [0.25, 0.3) is 0 Å². The first-order chi connectivity index (χ1) is 9.16. The molecule has 0 aromatic carbocycles. The minimum Gasteiger partial charge on any atom is -0.475 e. The first-order valence-corrected chi connectivity index (χ1v) is 6.47. The van der Waals surface area contributed by atoms with Crippen molar-refractivity contribution in [2.24, 2.45) is 0 Å². The van der Waals surface area contributed by atoms with Gasteiger partial charge in [-0.3, -0.25) is 4.79 Å². The molecule has 104 valence electrons. The smallest absolute Gasteiger partial charge is 0.237 e. The van der Waals surface area contributed by atoms with Crippen molar-refractivity contribution in [3.63, 3.8) is 0 Å². The van der Waals surface area contributed by atoms with Crippen LogP contribution >= 0.6 is 11.6 Å². The van der Waals surface area contributed by atoms with Crippen LogP contribution in [0.2, 0.25) is 5.02 Å². The van der Waals surface area contributed by atoms with Crippen LogP contribution in [-0.4, -0.2) is 47.8 Å². The lowest BCUT2D eigenvalue weighted by Crippen LogP contribution is -2.41. The molecule has 0 aliphatic carbocycles. The number of hydrogen-bond acceptors (Lipinski definition) is 5. The summed E-state index contributed by atoms with van der Waals surface area (Å²) >= 11 is 5.87. The summed E-state index contributed by atoms with van der Waals surface area (Å²) in [7, 11) is 0. The lowest BCUT2D eigenvalue weighted by molar-refractivity contribution is -0.123. The maximum atomic E-state index is 11.7. The van der Waals surface area contributed by atoms with Gasteiger partial charge in [-0.05, 0) is 18.6 Å². The SMILES string of the molecule is O=C(NCCOc1ncccc1Cl)[C@H]1C[C@H](O)CN1. The van der Waals surface area contributed by atoms with E-state index in [1.807, 2.05) is 0 Å². The lowest BCUT2D eigenvalue weighted by atomic mass is 10.2. The zero-order valence-electron chi connectivity index (χ0n) is 10.3. The van der Waals surface area contributed by atoms with Crippen molar-refractivity contribution < 1.29 is 14.6 Å². The predicted molar refractivity (Wildman–Crippen MR) is 70.2 cm³/mol. The maximum absolute atomic E-state index is 11.7. The molecular weight excluding hydrogens is 270 g/mol. The van der Waals surface area contributed by atoms with Gasteiger partial charge in [0.15, 0.2) is 0 Å². The van der Waals surface area contributed by atoms with E-state index in [2.05, 4.69) is 15.6 Å². The standard InChI is InChI=1S/C12H16ClN3O3/c13-9-2-1-3-15-12(9)19-5-4-14-11(18)10-6-8(17)7-16-10/h1-3,8,10,16-17H,4-7H2,(H,14,18)/t8-,10+/m0/s1. The Hall–Kier alpha value is -1.37. The first-order valence-electron chi connectivity index (χ1n) is 6.09. The van der Waals surface area contributed by atoms with E-state index < -0.39 is 6.10 Å². The van der Waals surface area contributed by atoms with Crippen molar-refractivity contribution in [3.05, 3.63) is 23.4 Å². The number of aliphatic hydroxyl groups excluding tert-OH is 1. The average Bonchev–Trinajstić information content (AvgIpc) is 2.83. The van der Waals surface area contributed by atoms with E-state index in [4.69, 9.17) is 16.3 Å². The summed E-state index contributed by atoms with van der Waals surface area (Å²) in [5.41, 5.74) is 0. The highest BCUT2D eigenvalue weighted by Gasteiger charge is 2.27. The van der Waals surface area contributed by atoms with Crippen LogP contribution in [0, 0.1) is 0 Å². The number of aromatic nitrogens is 1. The third-order valence-corrected chi connectivity index (χ3v) is 3.08. The van der Waals surface area contributed by atoms with Crippen molar-refractivity contribution >= 4 is 17.5 Å². The molecule has 2 rings (SSSR count). The number of β-amino-alcohol motifs (C(OH)–C–C–N with tert-alkyl or cyclic N) is 1. The van der Waals surface area contributed by atoms with Gasteiger partial charge in [-0.2, -0.15) is 0 Å². The van der Waals surface area contributed by atoms with Crippen LogP contribution in [0.25, 0.3) is 0 Å². The van der Waals surface area contributed by atoms with Crippen LogP contribution in [0.4, 0.5) is 0 Å². The number of halogens is 1. The van der Waals surface area contributed by atoms with Gasteiger partial charge in [-0.25, -0.2) is 4.98 Å². The molecule has 0 unspecified atom stereocenters. The van der Waals surface area contributed by atoms with Gasteiger partial charge in [-0.1, -0.05) is 11.6 Å². The minimum atomic E-state index is -0.445. The van der Waals surface area contributed by atoms with Gasteiger partial charge < -0.3 is 20.5 Å². The van der Waals surface area contributed by atoms with Crippen LogP contribution in [0.5, 0.6) is 5.88 Å². The summed E-state index contributed by atoms with van der Waals surface area (Å²) in [6, 6.07) is 3.08. The monoisotopic (exact) mass is 285 g/mol. The molecule has 0 saturated carbocycles. The van der Waals surface area contributed by atoms with E-state index >= 15 is 0 Å². The van der Waals surface area contributed by atoms with Gasteiger partial charge in [0.1, 0.15) is 11.6 Å². The third kappa shape index (κ3) is 4.05. The van der Waals surface area contributed by atoms with Crippen LogP contribution in [0.3, 0.4) is 0 Å². The summed E-state index contributed by atoms with van der Waals surface area (Å²) in [5, 5.41) is 15.4. The van der Waals surface area contributed by atoms with Crippen molar-refractivity contribution in [1.29, 1.82) is 0 Å². The molecule has 0 bridgehead atoms. The molecule has 1 aromatic heterocycles. The summed E-state index contributed by atoms with van der Waals surface area (Å²) in [6.45, 7) is 1.11. The number of aliphatic hydroxyl groups is 1. The van der Waals surface area contributed by atoms with Crippen molar-refractivity contribution in [1.82, 2.24) is 15.6 Å².